The second kappa shape index (κ2) is 11.1. The van der Waals surface area contributed by atoms with Crippen molar-refractivity contribution >= 4 is 23.2 Å². The van der Waals surface area contributed by atoms with Crippen molar-refractivity contribution in [3.8, 4) is 11.3 Å². The summed E-state index contributed by atoms with van der Waals surface area (Å²) in [6.07, 6.45) is 4.50. The predicted molar refractivity (Wildman–Crippen MR) is 134 cm³/mol. The molecule has 0 saturated heterocycles. The molecular weight excluding hydrogens is 428 g/mol. The van der Waals surface area contributed by atoms with Gasteiger partial charge in [0.1, 0.15) is 0 Å². The molecule has 0 atom stereocenters. The van der Waals surface area contributed by atoms with Crippen LogP contribution in [0.25, 0.3) is 11.3 Å². The van der Waals surface area contributed by atoms with Gasteiger partial charge < -0.3 is 20.0 Å². The summed E-state index contributed by atoms with van der Waals surface area (Å²) in [6.45, 7) is 6.12. The fourth-order valence-corrected chi connectivity index (χ4v) is 4.26. The Bertz CT molecular complexity index is 1140. The number of aryl methyl sites for hydroxylation is 2. The molecule has 1 aliphatic rings. The number of carbonyl (C=O) groups excluding carboxylic acids is 2. The van der Waals surface area contributed by atoms with Gasteiger partial charge in [-0.2, -0.15) is 0 Å². The van der Waals surface area contributed by atoms with Crippen LogP contribution in [0.15, 0.2) is 52.9 Å². The molecule has 0 saturated carbocycles. The molecule has 3 aromatic rings. The smallest absolute Gasteiger partial charge is 0.280 e. The minimum Gasteiger partial charge on any atom is -0.440 e. The van der Waals surface area contributed by atoms with Crippen molar-refractivity contribution in [2.45, 2.75) is 46.0 Å². The molecule has 0 spiro atoms. The third-order valence-corrected chi connectivity index (χ3v) is 5.87. The Morgan fingerprint density at radius 2 is 1.88 bits per heavy atom. The van der Waals surface area contributed by atoms with Crippen molar-refractivity contribution in [3.63, 3.8) is 0 Å². The summed E-state index contributed by atoms with van der Waals surface area (Å²) in [7, 11) is 0. The molecular formula is C27H32N4O3. The minimum atomic E-state index is -0.146. The van der Waals surface area contributed by atoms with Gasteiger partial charge in [-0.25, -0.2) is 4.98 Å². The molecule has 2 amide bonds. The van der Waals surface area contributed by atoms with Crippen molar-refractivity contribution < 1.29 is 14.0 Å². The second-order valence-electron chi connectivity index (χ2n) is 8.59. The van der Waals surface area contributed by atoms with E-state index in [0.717, 1.165) is 50.0 Å². The van der Waals surface area contributed by atoms with E-state index in [1.54, 1.807) is 12.1 Å². The van der Waals surface area contributed by atoms with Gasteiger partial charge in [0.25, 0.3) is 5.91 Å². The summed E-state index contributed by atoms with van der Waals surface area (Å²) in [4.78, 5) is 31.6. The maximum absolute atomic E-state index is 13.7. The number of hydrogen-bond donors (Lipinski definition) is 2. The van der Waals surface area contributed by atoms with Crippen LogP contribution in [0.4, 0.5) is 11.4 Å². The van der Waals surface area contributed by atoms with Gasteiger partial charge in [0, 0.05) is 36.8 Å². The molecule has 0 bridgehead atoms. The molecule has 0 aliphatic carbocycles. The summed E-state index contributed by atoms with van der Waals surface area (Å²) < 4.78 is 6.15. The Labute approximate surface area is 200 Å². The highest BCUT2D eigenvalue weighted by atomic mass is 16.4. The Hall–Kier alpha value is -3.45. The average Bonchev–Trinajstić information content (AvgIpc) is 3.27. The van der Waals surface area contributed by atoms with Gasteiger partial charge in [0.05, 0.1) is 0 Å². The zero-order valence-electron chi connectivity index (χ0n) is 19.9. The third kappa shape index (κ3) is 5.54. The van der Waals surface area contributed by atoms with Gasteiger partial charge in [-0.1, -0.05) is 25.1 Å². The number of fused-ring (bicyclic) bond motifs is 1. The largest absolute Gasteiger partial charge is 0.440 e. The van der Waals surface area contributed by atoms with Crippen LogP contribution in [-0.2, 0) is 17.6 Å². The first-order chi connectivity index (χ1) is 16.6. The number of para-hydroxylation sites is 1. The first-order valence-electron chi connectivity index (χ1n) is 12.0. The molecule has 34 heavy (non-hydrogen) atoms. The first kappa shape index (κ1) is 23.7. The molecule has 7 heteroatoms. The number of rotatable bonds is 9. The Morgan fingerprint density at radius 3 is 2.65 bits per heavy atom. The van der Waals surface area contributed by atoms with Crippen molar-refractivity contribution in [3.05, 3.63) is 65.7 Å². The van der Waals surface area contributed by atoms with Gasteiger partial charge in [-0.15, -0.1) is 0 Å². The number of benzene rings is 2. The van der Waals surface area contributed by atoms with Gasteiger partial charge in [0.2, 0.25) is 5.91 Å². The maximum Gasteiger partial charge on any atom is 0.280 e. The normalized spacial score (nSPS) is 12.9. The molecule has 1 aliphatic heterocycles. The number of carbonyl (C=O) groups is 2. The highest BCUT2D eigenvalue weighted by Gasteiger charge is 2.29. The van der Waals surface area contributed by atoms with Crippen LogP contribution in [0.2, 0.25) is 0 Å². The van der Waals surface area contributed by atoms with Gasteiger partial charge in [0.15, 0.2) is 17.3 Å². The number of nitrogens with zero attached hydrogens (tertiary/aromatic N) is 2. The van der Waals surface area contributed by atoms with Gasteiger partial charge >= 0.3 is 0 Å². The molecule has 0 unspecified atom stereocenters. The van der Waals surface area contributed by atoms with Crippen LogP contribution in [0.1, 0.15) is 55.1 Å². The lowest BCUT2D eigenvalue weighted by Gasteiger charge is -2.29. The number of nitrogens with one attached hydrogen (secondary N) is 2. The number of hydrogen-bond acceptors (Lipinski definition) is 5. The van der Waals surface area contributed by atoms with Crippen LogP contribution < -0.4 is 15.5 Å². The lowest BCUT2D eigenvalue weighted by atomic mass is 10.0. The fraction of sp³-hybridized carbons (Fsp3) is 0.370. The van der Waals surface area contributed by atoms with Crippen LogP contribution >= 0.6 is 0 Å². The van der Waals surface area contributed by atoms with Crippen molar-refractivity contribution in [1.82, 2.24) is 10.3 Å². The highest BCUT2D eigenvalue weighted by Crippen LogP contribution is 2.32. The van der Waals surface area contributed by atoms with Crippen LogP contribution in [0, 0.1) is 0 Å². The monoisotopic (exact) mass is 460 g/mol. The molecule has 2 N–H and O–H groups in total. The molecule has 1 aromatic heterocycles. The summed E-state index contributed by atoms with van der Waals surface area (Å²) in [6, 6.07) is 15.3. The summed E-state index contributed by atoms with van der Waals surface area (Å²) in [5.41, 5.74) is 3.90. The average molecular weight is 461 g/mol. The van der Waals surface area contributed by atoms with Crippen LogP contribution in [-0.4, -0.2) is 36.4 Å². The lowest BCUT2D eigenvalue weighted by Crippen LogP contribution is -2.36. The molecule has 2 aromatic carbocycles. The topological polar surface area (TPSA) is 87.5 Å². The van der Waals surface area contributed by atoms with E-state index in [1.165, 1.54) is 12.5 Å². The fourth-order valence-electron chi connectivity index (χ4n) is 4.26. The van der Waals surface area contributed by atoms with Crippen LogP contribution in [0.5, 0.6) is 0 Å². The number of oxazole rings is 1. The highest BCUT2D eigenvalue weighted by molar-refractivity contribution is 6.08. The molecule has 4 rings (SSSR count). The van der Waals surface area contributed by atoms with E-state index in [0.29, 0.717) is 36.0 Å². The van der Waals surface area contributed by atoms with E-state index in [1.807, 2.05) is 35.2 Å². The summed E-state index contributed by atoms with van der Waals surface area (Å²) >= 11 is 0. The van der Waals surface area contributed by atoms with E-state index < -0.39 is 0 Å². The summed E-state index contributed by atoms with van der Waals surface area (Å²) in [5, 5.41) is 6.15. The summed E-state index contributed by atoms with van der Waals surface area (Å²) in [5.74, 6) is 0.755. The predicted octanol–water partition coefficient (Wildman–Crippen LogP) is 4.83. The molecule has 178 valence electrons. The van der Waals surface area contributed by atoms with E-state index in [2.05, 4.69) is 28.6 Å². The van der Waals surface area contributed by atoms with Crippen LogP contribution in [0.3, 0.4) is 0 Å². The van der Waals surface area contributed by atoms with Gasteiger partial charge in [-0.05, 0) is 74.7 Å². The zero-order chi connectivity index (χ0) is 23.9. The van der Waals surface area contributed by atoms with E-state index >= 15 is 0 Å². The Kier molecular flexibility index (Phi) is 7.75. The molecule has 0 fully saturated rings. The Balaban J connectivity index is 1.63. The zero-order valence-corrected chi connectivity index (χ0v) is 19.9. The van der Waals surface area contributed by atoms with E-state index in [4.69, 9.17) is 4.42 Å². The standard InChI is InChI=1S/C27H32N4O3/c1-3-16-28-17-6-11-24-30-25(26(34-24)21-12-14-22(15-13-21)29-19(2)32)27(33)31-18-7-9-20-8-4-5-10-23(20)31/h4-5,8,10,12-15,28H,3,6-7,9,11,16-18H2,1-2H3,(H,29,32). The quantitative estimate of drug-likeness (QED) is 0.447. The lowest BCUT2D eigenvalue weighted by molar-refractivity contribution is -0.114. The van der Waals surface area contributed by atoms with Crippen molar-refractivity contribution in [1.29, 1.82) is 0 Å². The molecule has 2 heterocycles. The number of anilines is 2. The van der Waals surface area contributed by atoms with Gasteiger partial charge in [-0.3, -0.25) is 9.59 Å². The van der Waals surface area contributed by atoms with Crippen molar-refractivity contribution in [2.24, 2.45) is 0 Å². The first-order valence-corrected chi connectivity index (χ1v) is 12.0. The van der Waals surface area contributed by atoms with E-state index in [-0.39, 0.29) is 11.8 Å². The minimum absolute atomic E-state index is 0.133. The maximum atomic E-state index is 13.7. The number of amides is 2. The van der Waals surface area contributed by atoms with E-state index in [9.17, 15) is 9.59 Å². The SMILES string of the molecule is CCCNCCCc1nc(C(=O)N2CCCc3ccccc32)c(-c2ccc(NC(C)=O)cc2)o1. The molecule has 7 nitrogen and oxygen atoms in total. The number of aromatic nitrogens is 1. The Morgan fingerprint density at radius 1 is 1.09 bits per heavy atom. The second-order valence-corrected chi connectivity index (χ2v) is 8.59. The third-order valence-electron chi connectivity index (χ3n) is 5.87. The molecule has 0 radical (unpaired) electrons. The van der Waals surface area contributed by atoms with Crippen molar-refractivity contribution in [2.75, 3.05) is 29.9 Å².